The third-order valence-electron chi connectivity index (χ3n) is 3.00. The van der Waals surface area contributed by atoms with Crippen LogP contribution in [-0.4, -0.2) is 11.0 Å². The first-order valence-electron chi connectivity index (χ1n) is 4.64. The van der Waals surface area contributed by atoms with Crippen molar-refractivity contribution in [3.63, 3.8) is 0 Å². The highest BCUT2D eigenvalue weighted by Crippen LogP contribution is 2.50. The van der Waals surface area contributed by atoms with Crippen molar-refractivity contribution in [1.29, 1.82) is 0 Å². The van der Waals surface area contributed by atoms with E-state index in [9.17, 15) is 0 Å². The van der Waals surface area contributed by atoms with Crippen LogP contribution in [0, 0.1) is 0 Å². The molecule has 1 aromatic rings. The van der Waals surface area contributed by atoms with Gasteiger partial charge in [0.2, 0.25) is 0 Å². The Kier molecular flexibility index (Phi) is 2.46. The molecule has 0 spiro atoms. The summed E-state index contributed by atoms with van der Waals surface area (Å²) in [5, 5.41) is 0.888. The minimum absolute atomic E-state index is 0.0935. The summed E-state index contributed by atoms with van der Waals surface area (Å²) in [4.78, 5) is 3.92. The quantitative estimate of drug-likeness (QED) is 0.795. The van der Waals surface area contributed by atoms with Gasteiger partial charge in [-0.2, -0.15) is 0 Å². The maximum atomic E-state index is 5.96. The Bertz CT molecular complexity index is 339. The van der Waals surface area contributed by atoms with Gasteiger partial charge < -0.3 is 5.73 Å². The van der Waals surface area contributed by atoms with E-state index < -0.39 is 0 Å². The topological polar surface area (TPSA) is 38.9 Å². The Hall–Kier alpha value is -0.310. The number of hydrogen-bond acceptors (Lipinski definition) is 2. The average molecular weight is 231 g/mol. The maximum Gasteiger partial charge on any atom is 0.131 e. The van der Waals surface area contributed by atoms with E-state index >= 15 is 0 Å². The van der Waals surface area contributed by atoms with Crippen molar-refractivity contribution in [1.82, 2.24) is 4.98 Å². The minimum Gasteiger partial charge on any atom is -0.327 e. The minimum atomic E-state index is 0.0935. The lowest BCUT2D eigenvalue weighted by Gasteiger charge is -2.20. The summed E-state index contributed by atoms with van der Waals surface area (Å²) in [5.41, 5.74) is 7.17. The summed E-state index contributed by atoms with van der Waals surface area (Å²) in [6, 6.07) is 3.87. The van der Waals surface area contributed by atoms with Crippen LogP contribution in [-0.2, 0) is 5.41 Å². The Morgan fingerprint density at radius 2 is 1.86 bits per heavy atom. The van der Waals surface area contributed by atoms with Crippen LogP contribution >= 0.6 is 23.2 Å². The normalized spacial score (nSPS) is 20.6. The molecule has 1 unspecified atom stereocenters. The molecule has 1 atom stereocenters. The lowest BCUT2D eigenvalue weighted by molar-refractivity contribution is 0.556. The molecule has 2 rings (SSSR count). The van der Waals surface area contributed by atoms with Crippen molar-refractivity contribution in [3.8, 4) is 0 Å². The van der Waals surface area contributed by atoms with Crippen molar-refractivity contribution >= 4 is 23.2 Å². The van der Waals surface area contributed by atoms with Crippen LogP contribution in [0.15, 0.2) is 12.1 Å². The van der Waals surface area contributed by atoms with Gasteiger partial charge >= 0.3 is 0 Å². The number of nitrogens with zero attached hydrogens (tertiary/aromatic N) is 1. The number of rotatable bonds is 2. The van der Waals surface area contributed by atoms with Crippen LogP contribution in [0.2, 0.25) is 10.3 Å². The molecule has 0 bridgehead atoms. The Balaban J connectivity index is 2.42. The second-order valence-corrected chi connectivity index (χ2v) is 4.72. The highest BCUT2D eigenvalue weighted by Gasteiger charge is 2.47. The molecule has 76 valence electrons. The SMILES string of the molecule is CC(N)C1(c2cc(Cl)nc(Cl)c2)CC1. The van der Waals surface area contributed by atoms with Crippen molar-refractivity contribution in [3.05, 3.63) is 28.0 Å². The van der Waals surface area contributed by atoms with Crippen LogP contribution in [0.5, 0.6) is 0 Å². The Morgan fingerprint density at radius 3 is 2.21 bits per heavy atom. The van der Waals surface area contributed by atoms with E-state index in [1.54, 1.807) is 0 Å². The van der Waals surface area contributed by atoms with Gasteiger partial charge in [0.1, 0.15) is 10.3 Å². The smallest absolute Gasteiger partial charge is 0.131 e. The molecule has 1 aliphatic carbocycles. The largest absolute Gasteiger partial charge is 0.327 e. The molecule has 4 heteroatoms. The highest BCUT2D eigenvalue weighted by atomic mass is 35.5. The molecule has 1 saturated carbocycles. The summed E-state index contributed by atoms with van der Waals surface area (Å²) < 4.78 is 0. The van der Waals surface area contributed by atoms with Crippen LogP contribution in [0.4, 0.5) is 0 Å². The molecule has 1 aliphatic rings. The summed E-state index contributed by atoms with van der Waals surface area (Å²) in [5.74, 6) is 0. The third kappa shape index (κ3) is 1.62. The number of halogens is 2. The summed E-state index contributed by atoms with van der Waals surface area (Å²) in [7, 11) is 0. The van der Waals surface area contributed by atoms with Gasteiger partial charge in [-0.3, -0.25) is 0 Å². The molecule has 0 saturated heterocycles. The first-order chi connectivity index (χ1) is 6.54. The molecule has 1 fully saturated rings. The van der Waals surface area contributed by atoms with E-state index in [4.69, 9.17) is 28.9 Å². The van der Waals surface area contributed by atoms with Gasteiger partial charge in [-0.25, -0.2) is 4.98 Å². The standard InChI is InChI=1S/C10H12Cl2N2/c1-6(13)10(2-3-10)7-4-8(11)14-9(12)5-7/h4-6H,2-3,13H2,1H3. The zero-order valence-electron chi connectivity index (χ0n) is 7.93. The van der Waals surface area contributed by atoms with Gasteiger partial charge in [0.05, 0.1) is 0 Å². The second kappa shape index (κ2) is 3.37. The summed E-state index contributed by atoms with van der Waals surface area (Å²) in [6.45, 7) is 2.02. The highest BCUT2D eigenvalue weighted by molar-refractivity contribution is 6.32. The molecule has 2 nitrogen and oxygen atoms in total. The molecule has 0 aromatic carbocycles. The molecule has 0 radical (unpaired) electrons. The monoisotopic (exact) mass is 230 g/mol. The molecule has 0 amide bonds. The van der Waals surface area contributed by atoms with Crippen molar-refractivity contribution in [2.45, 2.75) is 31.2 Å². The van der Waals surface area contributed by atoms with E-state index in [1.807, 2.05) is 19.1 Å². The number of nitrogens with two attached hydrogens (primary N) is 1. The van der Waals surface area contributed by atoms with Gasteiger partial charge in [-0.15, -0.1) is 0 Å². The average Bonchev–Trinajstić information content (AvgIpc) is 2.81. The first-order valence-corrected chi connectivity index (χ1v) is 5.39. The van der Waals surface area contributed by atoms with Gasteiger partial charge in [0.25, 0.3) is 0 Å². The molecular weight excluding hydrogens is 219 g/mol. The number of hydrogen-bond donors (Lipinski definition) is 1. The van der Waals surface area contributed by atoms with Crippen LogP contribution < -0.4 is 5.73 Å². The van der Waals surface area contributed by atoms with Crippen molar-refractivity contribution in [2.24, 2.45) is 5.73 Å². The fraction of sp³-hybridized carbons (Fsp3) is 0.500. The number of aromatic nitrogens is 1. The molecule has 0 aliphatic heterocycles. The first kappa shape index (κ1) is 10.2. The van der Waals surface area contributed by atoms with Gasteiger partial charge in [0.15, 0.2) is 0 Å². The van der Waals surface area contributed by atoms with Gasteiger partial charge in [-0.1, -0.05) is 23.2 Å². The fourth-order valence-corrected chi connectivity index (χ4v) is 2.35. The van der Waals surface area contributed by atoms with Gasteiger partial charge in [-0.05, 0) is 37.5 Å². The fourth-order valence-electron chi connectivity index (χ4n) is 1.89. The maximum absolute atomic E-state index is 5.96. The summed E-state index contributed by atoms with van der Waals surface area (Å²) >= 11 is 11.7. The zero-order chi connectivity index (χ0) is 10.3. The van der Waals surface area contributed by atoms with E-state index in [-0.39, 0.29) is 11.5 Å². The van der Waals surface area contributed by atoms with E-state index in [2.05, 4.69) is 4.98 Å². The Labute approximate surface area is 93.4 Å². The van der Waals surface area contributed by atoms with Crippen LogP contribution in [0.25, 0.3) is 0 Å². The van der Waals surface area contributed by atoms with E-state index in [1.165, 1.54) is 0 Å². The van der Waals surface area contributed by atoms with Crippen LogP contribution in [0.1, 0.15) is 25.3 Å². The predicted octanol–water partition coefficient (Wildman–Crippen LogP) is 2.77. The van der Waals surface area contributed by atoms with E-state index in [0.29, 0.717) is 10.3 Å². The van der Waals surface area contributed by atoms with Crippen molar-refractivity contribution < 1.29 is 0 Å². The molecule has 1 aromatic heterocycles. The molecular formula is C10H12Cl2N2. The molecule has 14 heavy (non-hydrogen) atoms. The third-order valence-corrected chi connectivity index (χ3v) is 3.39. The molecule has 2 N–H and O–H groups in total. The lowest BCUT2D eigenvalue weighted by Crippen LogP contribution is -2.31. The number of pyridine rings is 1. The lowest BCUT2D eigenvalue weighted by atomic mass is 9.90. The van der Waals surface area contributed by atoms with Crippen LogP contribution in [0.3, 0.4) is 0 Å². The molecule has 1 heterocycles. The Morgan fingerprint density at radius 1 is 1.36 bits per heavy atom. The van der Waals surface area contributed by atoms with Gasteiger partial charge in [0, 0.05) is 11.5 Å². The van der Waals surface area contributed by atoms with E-state index in [0.717, 1.165) is 18.4 Å². The summed E-state index contributed by atoms with van der Waals surface area (Å²) in [6.07, 6.45) is 2.22. The predicted molar refractivity (Wildman–Crippen MR) is 58.8 cm³/mol. The van der Waals surface area contributed by atoms with Crippen molar-refractivity contribution in [2.75, 3.05) is 0 Å². The second-order valence-electron chi connectivity index (χ2n) is 3.95. The zero-order valence-corrected chi connectivity index (χ0v) is 9.44.